The number of halogens is 4. The molecule has 0 aliphatic rings. The molecule has 0 unspecified atom stereocenters. The summed E-state index contributed by atoms with van der Waals surface area (Å²) in [4.78, 5) is 27.9. The second-order valence-corrected chi connectivity index (χ2v) is 12.6. The van der Waals surface area contributed by atoms with Crippen molar-refractivity contribution in [1.29, 1.82) is 0 Å². The van der Waals surface area contributed by atoms with Crippen molar-refractivity contribution in [3.8, 4) is 0 Å². The molecule has 226 valence electrons. The number of nitrogens with zero attached hydrogens (tertiary/aromatic N) is 2. The van der Waals surface area contributed by atoms with Crippen LogP contribution in [0.25, 0.3) is 0 Å². The minimum Gasteiger partial charge on any atom is -0.354 e. The van der Waals surface area contributed by atoms with Crippen molar-refractivity contribution in [3.63, 3.8) is 0 Å². The van der Waals surface area contributed by atoms with Crippen molar-refractivity contribution in [2.75, 3.05) is 17.4 Å². The number of hydrogen-bond donors (Lipinski definition) is 1. The molecule has 1 atom stereocenters. The van der Waals surface area contributed by atoms with Gasteiger partial charge in [0.05, 0.1) is 16.1 Å². The van der Waals surface area contributed by atoms with E-state index in [1.165, 1.54) is 30.0 Å². The van der Waals surface area contributed by atoms with Gasteiger partial charge in [0, 0.05) is 17.6 Å². The Hall–Kier alpha value is -3.38. The van der Waals surface area contributed by atoms with Gasteiger partial charge in [-0.05, 0) is 68.3 Å². The third kappa shape index (κ3) is 8.57. The Bertz CT molecular complexity index is 1480. The van der Waals surface area contributed by atoms with Crippen LogP contribution in [0, 0.1) is 6.92 Å². The number of hydrogen-bond acceptors (Lipinski definition) is 4. The SMILES string of the molecule is CCCCNC(=O)[C@@H](C)N(Cc1ccc(Br)cc1)C(=O)CN(c1cccc(C(F)(F)F)c1)S(=O)(=O)c1ccc(C)cc1. The smallest absolute Gasteiger partial charge is 0.354 e. The summed E-state index contributed by atoms with van der Waals surface area (Å²) in [5.41, 5.74) is 0.0559. The Morgan fingerprint density at radius 2 is 1.64 bits per heavy atom. The van der Waals surface area contributed by atoms with E-state index < -0.39 is 46.2 Å². The van der Waals surface area contributed by atoms with Crippen LogP contribution in [0.5, 0.6) is 0 Å². The van der Waals surface area contributed by atoms with Gasteiger partial charge in [-0.3, -0.25) is 13.9 Å². The highest BCUT2D eigenvalue weighted by Crippen LogP contribution is 2.33. The molecule has 0 heterocycles. The van der Waals surface area contributed by atoms with Crippen molar-refractivity contribution < 1.29 is 31.2 Å². The van der Waals surface area contributed by atoms with Gasteiger partial charge in [0.1, 0.15) is 12.6 Å². The van der Waals surface area contributed by atoms with Gasteiger partial charge in [0.15, 0.2) is 0 Å². The van der Waals surface area contributed by atoms with Crippen LogP contribution in [-0.4, -0.2) is 44.3 Å². The number of rotatable bonds is 12. The molecule has 3 aromatic rings. The van der Waals surface area contributed by atoms with Crippen LogP contribution in [0.4, 0.5) is 18.9 Å². The molecule has 0 bridgehead atoms. The molecular weight excluding hydrogens is 635 g/mol. The van der Waals surface area contributed by atoms with Crippen molar-refractivity contribution in [3.05, 3.63) is 94.0 Å². The molecule has 0 saturated heterocycles. The number of nitrogens with one attached hydrogen (secondary N) is 1. The molecule has 12 heteroatoms. The predicted octanol–water partition coefficient (Wildman–Crippen LogP) is 6.31. The summed E-state index contributed by atoms with van der Waals surface area (Å²) < 4.78 is 69.9. The zero-order valence-electron chi connectivity index (χ0n) is 23.5. The minimum atomic E-state index is -4.74. The van der Waals surface area contributed by atoms with Gasteiger partial charge in [0.2, 0.25) is 11.8 Å². The summed E-state index contributed by atoms with van der Waals surface area (Å²) in [5, 5.41) is 2.79. The summed E-state index contributed by atoms with van der Waals surface area (Å²) in [7, 11) is -4.49. The van der Waals surface area contributed by atoms with Crippen LogP contribution < -0.4 is 9.62 Å². The number of carbonyl (C=O) groups is 2. The molecule has 1 N–H and O–H groups in total. The van der Waals surface area contributed by atoms with Gasteiger partial charge >= 0.3 is 6.18 Å². The molecule has 0 aliphatic heterocycles. The lowest BCUT2D eigenvalue weighted by atomic mass is 10.1. The molecule has 42 heavy (non-hydrogen) atoms. The Morgan fingerprint density at radius 1 is 1.00 bits per heavy atom. The van der Waals surface area contributed by atoms with Crippen LogP contribution in [0.2, 0.25) is 0 Å². The van der Waals surface area contributed by atoms with E-state index >= 15 is 0 Å². The number of carbonyl (C=O) groups excluding carboxylic acids is 2. The van der Waals surface area contributed by atoms with Crippen LogP contribution in [0.15, 0.2) is 82.2 Å². The van der Waals surface area contributed by atoms with Crippen LogP contribution in [0.1, 0.15) is 43.4 Å². The molecule has 0 saturated carbocycles. The van der Waals surface area contributed by atoms with Gasteiger partial charge in [-0.2, -0.15) is 13.2 Å². The zero-order valence-corrected chi connectivity index (χ0v) is 25.9. The fourth-order valence-corrected chi connectivity index (χ4v) is 5.78. The molecule has 0 spiro atoms. The first-order valence-corrected chi connectivity index (χ1v) is 15.6. The summed E-state index contributed by atoms with van der Waals surface area (Å²) in [5.74, 6) is -1.19. The summed E-state index contributed by atoms with van der Waals surface area (Å²) in [6.45, 7) is 4.79. The molecule has 0 fully saturated rings. The Labute approximate surface area is 252 Å². The van der Waals surface area contributed by atoms with E-state index in [9.17, 15) is 31.2 Å². The lowest BCUT2D eigenvalue weighted by Gasteiger charge is -2.32. The number of anilines is 1. The fraction of sp³-hybridized carbons (Fsp3) is 0.333. The maximum Gasteiger partial charge on any atom is 0.416 e. The molecular formula is C30H33BrF3N3O4S. The third-order valence-corrected chi connectivity index (χ3v) is 8.93. The molecule has 0 aromatic heterocycles. The molecule has 2 amide bonds. The summed E-state index contributed by atoms with van der Waals surface area (Å²) in [6.07, 6.45) is -3.16. The van der Waals surface area contributed by atoms with E-state index in [1.54, 1.807) is 43.3 Å². The van der Waals surface area contributed by atoms with Gasteiger partial charge < -0.3 is 10.2 Å². The van der Waals surface area contributed by atoms with E-state index in [0.29, 0.717) is 22.5 Å². The van der Waals surface area contributed by atoms with Crippen LogP contribution >= 0.6 is 15.9 Å². The topological polar surface area (TPSA) is 86.8 Å². The highest BCUT2D eigenvalue weighted by atomic mass is 79.9. The predicted molar refractivity (Wildman–Crippen MR) is 159 cm³/mol. The van der Waals surface area contributed by atoms with Gasteiger partial charge in [-0.1, -0.05) is 65.2 Å². The van der Waals surface area contributed by atoms with E-state index in [2.05, 4.69) is 21.2 Å². The highest BCUT2D eigenvalue weighted by Gasteiger charge is 2.35. The monoisotopic (exact) mass is 667 g/mol. The van der Waals surface area contributed by atoms with Crippen LogP contribution in [-0.2, 0) is 32.3 Å². The standard InChI is InChI=1S/C30H33BrF3N3O4S/c1-4-5-17-35-29(39)22(3)36(19-23-11-13-25(31)14-12-23)28(38)20-37(26-8-6-7-24(18-26)30(32,33)34)42(40,41)27-15-9-21(2)10-16-27/h6-16,18,22H,4-5,17,19-20H2,1-3H3,(H,35,39)/t22-/m1/s1. The lowest BCUT2D eigenvalue weighted by molar-refractivity contribution is -0.139. The van der Waals surface area contributed by atoms with E-state index in [-0.39, 0.29) is 17.1 Å². The lowest BCUT2D eigenvalue weighted by Crippen LogP contribution is -2.51. The number of benzene rings is 3. The van der Waals surface area contributed by atoms with Gasteiger partial charge in [-0.15, -0.1) is 0 Å². The van der Waals surface area contributed by atoms with Gasteiger partial charge in [0.25, 0.3) is 10.0 Å². The largest absolute Gasteiger partial charge is 0.416 e. The average molecular weight is 669 g/mol. The highest BCUT2D eigenvalue weighted by molar-refractivity contribution is 9.10. The first-order chi connectivity index (χ1) is 19.7. The summed E-state index contributed by atoms with van der Waals surface area (Å²) in [6, 6.07) is 15.6. The van der Waals surface area contributed by atoms with Crippen molar-refractivity contribution in [2.24, 2.45) is 0 Å². The molecule has 3 rings (SSSR count). The van der Waals surface area contributed by atoms with Crippen molar-refractivity contribution in [1.82, 2.24) is 10.2 Å². The summed E-state index contributed by atoms with van der Waals surface area (Å²) >= 11 is 3.36. The van der Waals surface area contributed by atoms with Crippen molar-refractivity contribution in [2.45, 2.75) is 57.3 Å². The Kier molecular flexibility index (Phi) is 11.2. The molecule has 0 radical (unpaired) electrons. The fourth-order valence-electron chi connectivity index (χ4n) is 4.11. The molecule has 0 aliphatic carbocycles. The second kappa shape index (κ2) is 14.2. The van der Waals surface area contributed by atoms with Crippen LogP contribution in [0.3, 0.4) is 0 Å². The quantitative estimate of drug-likeness (QED) is 0.230. The Morgan fingerprint density at radius 3 is 2.24 bits per heavy atom. The van der Waals surface area contributed by atoms with E-state index in [0.717, 1.165) is 35.0 Å². The third-order valence-electron chi connectivity index (χ3n) is 6.61. The van der Waals surface area contributed by atoms with Gasteiger partial charge in [-0.25, -0.2) is 8.42 Å². The van der Waals surface area contributed by atoms with E-state index in [1.807, 2.05) is 6.92 Å². The minimum absolute atomic E-state index is 0.0323. The molecule has 7 nitrogen and oxygen atoms in total. The first-order valence-electron chi connectivity index (χ1n) is 13.3. The van der Waals surface area contributed by atoms with Crippen molar-refractivity contribution >= 4 is 43.5 Å². The normalized spacial score (nSPS) is 12.5. The number of aryl methyl sites for hydroxylation is 1. The maximum absolute atomic E-state index is 13.9. The zero-order chi connectivity index (χ0) is 31.1. The molecule has 3 aromatic carbocycles. The Balaban J connectivity index is 2.06. The number of sulfonamides is 1. The second-order valence-electron chi connectivity index (χ2n) is 9.84. The maximum atomic E-state index is 13.9. The first kappa shape index (κ1) is 33.1. The number of alkyl halides is 3. The average Bonchev–Trinajstić information content (AvgIpc) is 2.95. The van der Waals surface area contributed by atoms with E-state index in [4.69, 9.17) is 0 Å². The number of unbranched alkanes of at least 4 members (excludes halogenated alkanes) is 1. The number of amides is 2.